The lowest BCUT2D eigenvalue weighted by atomic mass is 9.81. The molecule has 0 aromatic heterocycles. The minimum atomic E-state index is 0.116. The Hall–Kier alpha value is 0.540. The van der Waals surface area contributed by atoms with Gasteiger partial charge in [0.1, 0.15) is 0 Å². The predicted molar refractivity (Wildman–Crippen MR) is 57.7 cm³/mol. The van der Waals surface area contributed by atoms with E-state index in [2.05, 4.69) is 6.92 Å². The Morgan fingerprint density at radius 1 is 1.23 bits per heavy atom. The van der Waals surface area contributed by atoms with Gasteiger partial charge in [-0.15, -0.1) is 23.2 Å². The second-order valence-corrected chi connectivity index (χ2v) is 4.87. The molecule has 0 atom stereocenters. The average Bonchev–Trinajstić information content (AvgIpc) is 2.19. The number of alkyl halides is 2. The summed E-state index contributed by atoms with van der Waals surface area (Å²) >= 11 is 11.8. The summed E-state index contributed by atoms with van der Waals surface area (Å²) in [5.74, 6) is 2.08. The molecule has 1 aliphatic rings. The van der Waals surface area contributed by atoms with Gasteiger partial charge in [0.05, 0.1) is 0 Å². The summed E-state index contributed by atoms with van der Waals surface area (Å²) in [6.07, 6.45) is 3.48. The standard InChI is InChI=1S/C10H18Cl2O/c1-10(7-11,8-12)6-9-2-4-13-5-3-9/h9H,2-8H2,1H3. The maximum absolute atomic E-state index is 5.91. The highest BCUT2D eigenvalue weighted by Gasteiger charge is 2.27. The summed E-state index contributed by atoms with van der Waals surface area (Å²) in [5.41, 5.74) is 0.116. The number of ether oxygens (including phenoxy) is 1. The first-order valence-corrected chi connectivity index (χ1v) is 5.97. The zero-order valence-electron chi connectivity index (χ0n) is 8.19. The Morgan fingerprint density at radius 3 is 2.23 bits per heavy atom. The van der Waals surface area contributed by atoms with Crippen molar-refractivity contribution in [2.45, 2.75) is 26.2 Å². The third-order valence-electron chi connectivity index (χ3n) is 2.77. The molecule has 0 unspecified atom stereocenters. The van der Waals surface area contributed by atoms with Gasteiger partial charge in [0.15, 0.2) is 0 Å². The normalized spacial score (nSPS) is 20.5. The summed E-state index contributed by atoms with van der Waals surface area (Å²) in [6.45, 7) is 3.99. The summed E-state index contributed by atoms with van der Waals surface area (Å²) in [4.78, 5) is 0. The fraction of sp³-hybridized carbons (Fsp3) is 1.00. The number of hydrogen-bond acceptors (Lipinski definition) is 1. The van der Waals surface area contributed by atoms with Crippen molar-refractivity contribution in [1.82, 2.24) is 0 Å². The molecule has 0 bridgehead atoms. The van der Waals surface area contributed by atoms with Crippen molar-refractivity contribution in [2.24, 2.45) is 11.3 Å². The van der Waals surface area contributed by atoms with E-state index in [1.165, 1.54) is 12.8 Å². The Labute approximate surface area is 90.7 Å². The van der Waals surface area contributed by atoms with Crippen LogP contribution in [0.4, 0.5) is 0 Å². The van der Waals surface area contributed by atoms with Crippen LogP contribution in [0.15, 0.2) is 0 Å². The lowest BCUT2D eigenvalue weighted by Crippen LogP contribution is -2.27. The van der Waals surface area contributed by atoms with E-state index in [0.29, 0.717) is 11.8 Å². The molecule has 0 spiro atoms. The van der Waals surface area contributed by atoms with Crippen molar-refractivity contribution in [3.63, 3.8) is 0 Å². The molecule has 1 rings (SSSR count). The molecule has 1 saturated heterocycles. The monoisotopic (exact) mass is 224 g/mol. The van der Waals surface area contributed by atoms with Crippen molar-refractivity contribution < 1.29 is 4.74 Å². The van der Waals surface area contributed by atoms with Crippen molar-refractivity contribution in [3.05, 3.63) is 0 Å². The molecule has 0 radical (unpaired) electrons. The van der Waals surface area contributed by atoms with E-state index >= 15 is 0 Å². The zero-order chi connectivity index (χ0) is 9.73. The Morgan fingerprint density at radius 2 is 1.77 bits per heavy atom. The third kappa shape index (κ3) is 3.65. The molecule has 1 heterocycles. The lowest BCUT2D eigenvalue weighted by Gasteiger charge is -2.31. The van der Waals surface area contributed by atoms with Crippen molar-refractivity contribution in [1.29, 1.82) is 0 Å². The van der Waals surface area contributed by atoms with E-state index in [-0.39, 0.29) is 5.41 Å². The van der Waals surface area contributed by atoms with E-state index in [9.17, 15) is 0 Å². The Bertz CT molecular complexity index is 140. The molecule has 0 aromatic rings. The van der Waals surface area contributed by atoms with Crippen LogP contribution in [0.5, 0.6) is 0 Å². The van der Waals surface area contributed by atoms with Crippen LogP contribution >= 0.6 is 23.2 Å². The van der Waals surface area contributed by atoms with Crippen LogP contribution in [-0.2, 0) is 4.74 Å². The highest BCUT2D eigenvalue weighted by atomic mass is 35.5. The minimum absolute atomic E-state index is 0.116. The first-order chi connectivity index (χ1) is 6.20. The zero-order valence-corrected chi connectivity index (χ0v) is 9.70. The van der Waals surface area contributed by atoms with Gasteiger partial charge in [-0.05, 0) is 30.6 Å². The smallest absolute Gasteiger partial charge is 0.0468 e. The second-order valence-electron chi connectivity index (χ2n) is 4.34. The van der Waals surface area contributed by atoms with E-state index in [0.717, 1.165) is 25.6 Å². The van der Waals surface area contributed by atoms with Gasteiger partial charge in [-0.25, -0.2) is 0 Å². The van der Waals surface area contributed by atoms with Crippen LogP contribution in [-0.4, -0.2) is 25.0 Å². The van der Waals surface area contributed by atoms with E-state index in [1.807, 2.05) is 0 Å². The Balaban J connectivity index is 2.35. The minimum Gasteiger partial charge on any atom is -0.381 e. The SMILES string of the molecule is CC(CCl)(CCl)CC1CCOCC1. The Kier molecular flexibility index (Phi) is 4.85. The van der Waals surface area contributed by atoms with Crippen molar-refractivity contribution >= 4 is 23.2 Å². The highest BCUT2D eigenvalue weighted by molar-refractivity contribution is 6.21. The van der Waals surface area contributed by atoms with Gasteiger partial charge in [0.2, 0.25) is 0 Å². The maximum atomic E-state index is 5.91. The topological polar surface area (TPSA) is 9.23 Å². The third-order valence-corrected chi connectivity index (χ3v) is 4.06. The van der Waals surface area contributed by atoms with Crippen molar-refractivity contribution in [3.8, 4) is 0 Å². The van der Waals surface area contributed by atoms with Crippen LogP contribution in [0.2, 0.25) is 0 Å². The van der Waals surface area contributed by atoms with E-state index in [4.69, 9.17) is 27.9 Å². The maximum Gasteiger partial charge on any atom is 0.0468 e. The van der Waals surface area contributed by atoms with Gasteiger partial charge in [0, 0.05) is 25.0 Å². The van der Waals surface area contributed by atoms with Gasteiger partial charge in [-0.2, -0.15) is 0 Å². The largest absolute Gasteiger partial charge is 0.381 e. The summed E-state index contributed by atoms with van der Waals surface area (Å²) in [6, 6.07) is 0. The van der Waals surface area contributed by atoms with Gasteiger partial charge >= 0.3 is 0 Å². The molecule has 0 amide bonds. The van der Waals surface area contributed by atoms with Gasteiger partial charge in [-0.1, -0.05) is 6.92 Å². The highest BCUT2D eigenvalue weighted by Crippen LogP contribution is 2.33. The molecule has 0 saturated carbocycles. The van der Waals surface area contributed by atoms with Crippen LogP contribution < -0.4 is 0 Å². The van der Waals surface area contributed by atoms with Gasteiger partial charge in [-0.3, -0.25) is 0 Å². The quantitative estimate of drug-likeness (QED) is 0.667. The predicted octanol–water partition coefficient (Wildman–Crippen LogP) is 3.29. The van der Waals surface area contributed by atoms with Gasteiger partial charge < -0.3 is 4.74 Å². The number of rotatable bonds is 4. The van der Waals surface area contributed by atoms with Crippen LogP contribution in [0.3, 0.4) is 0 Å². The van der Waals surface area contributed by atoms with E-state index < -0.39 is 0 Å². The molecule has 0 aliphatic carbocycles. The fourth-order valence-corrected chi connectivity index (χ4v) is 2.30. The summed E-state index contributed by atoms with van der Waals surface area (Å²) in [7, 11) is 0. The van der Waals surface area contributed by atoms with Crippen LogP contribution in [0.1, 0.15) is 26.2 Å². The molecule has 1 aliphatic heterocycles. The van der Waals surface area contributed by atoms with E-state index in [1.54, 1.807) is 0 Å². The van der Waals surface area contributed by atoms with Crippen molar-refractivity contribution in [2.75, 3.05) is 25.0 Å². The number of hydrogen-bond donors (Lipinski definition) is 0. The molecule has 0 N–H and O–H groups in total. The fourth-order valence-electron chi connectivity index (χ4n) is 1.79. The first-order valence-electron chi connectivity index (χ1n) is 4.90. The first kappa shape index (κ1) is 11.6. The molecule has 1 fully saturated rings. The number of halogens is 2. The molecule has 3 heteroatoms. The molecular formula is C10H18Cl2O. The molecular weight excluding hydrogens is 207 g/mol. The average molecular weight is 225 g/mol. The lowest BCUT2D eigenvalue weighted by molar-refractivity contribution is 0.0539. The van der Waals surface area contributed by atoms with Crippen LogP contribution in [0, 0.1) is 11.3 Å². The molecule has 13 heavy (non-hydrogen) atoms. The van der Waals surface area contributed by atoms with Gasteiger partial charge in [0.25, 0.3) is 0 Å². The van der Waals surface area contributed by atoms with Crippen LogP contribution in [0.25, 0.3) is 0 Å². The second kappa shape index (κ2) is 5.43. The molecule has 78 valence electrons. The summed E-state index contributed by atoms with van der Waals surface area (Å²) < 4.78 is 5.32. The molecule has 1 nitrogen and oxygen atoms in total. The summed E-state index contributed by atoms with van der Waals surface area (Å²) in [5, 5.41) is 0. The molecule has 0 aromatic carbocycles.